The Kier molecular flexibility index (Phi) is 21.0. The predicted octanol–water partition coefficient (Wildman–Crippen LogP) is -0.109. The average Bonchev–Trinajstić information content (AvgIpc) is 1.88. The zero-order chi connectivity index (χ0) is 6.83. The number of hydrogen-bond donors (Lipinski definition) is 2. The van der Waals surface area contributed by atoms with Gasteiger partial charge in [-0.3, -0.25) is 0 Å². The Hall–Kier alpha value is -0.590. The van der Waals surface area contributed by atoms with Crippen molar-refractivity contribution in [3.05, 3.63) is 0 Å². The van der Waals surface area contributed by atoms with Gasteiger partial charge < -0.3 is 10.2 Å². The summed E-state index contributed by atoms with van der Waals surface area (Å²) in [4.78, 5) is 0. The van der Waals surface area contributed by atoms with Crippen molar-refractivity contribution in [3.8, 4) is 6.07 Å². The van der Waals surface area contributed by atoms with Crippen LogP contribution in [-0.2, 0) is 0 Å². The number of rotatable bonds is 1. The Balaban J connectivity index is 0. The largest absolute Gasteiger partial charge is 0.394 e. The van der Waals surface area contributed by atoms with Gasteiger partial charge >= 0.3 is 0 Å². The molecule has 0 unspecified atom stereocenters. The minimum atomic E-state index is -0.125. The molecule has 0 bridgehead atoms. The van der Waals surface area contributed by atoms with Crippen LogP contribution in [0.25, 0.3) is 0 Å². The van der Waals surface area contributed by atoms with Gasteiger partial charge in [-0.05, 0) is 0 Å². The van der Waals surface area contributed by atoms with E-state index in [9.17, 15) is 0 Å². The summed E-state index contributed by atoms with van der Waals surface area (Å²) in [6, 6.07) is 1.93. The first-order valence-electron chi connectivity index (χ1n) is 2.42. The quantitative estimate of drug-likeness (QED) is 0.503. The Bertz CT molecular complexity index is 55.9. The van der Waals surface area contributed by atoms with Crippen molar-refractivity contribution in [3.63, 3.8) is 0 Å². The zero-order valence-corrected chi connectivity index (χ0v) is 4.96. The number of hydrogen-bond acceptors (Lipinski definition) is 3. The minimum absolute atomic E-state index is 0.125. The van der Waals surface area contributed by atoms with Crippen LogP contribution in [0.15, 0.2) is 0 Å². The molecule has 0 radical (unpaired) electrons. The van der Waals surface area contributed by atoms with Crippen LogP contribution in [0.2, 0.25) is 0 Å². The van der Waals surface area contributed by atoms with Crippen LogP contribution in [0.4, 0.5) is 0 Å². The molecule has 0 atom stereocenters. The van der Waals surface area contributed by atoms with E-state index in [-0.39, 0.29) is 13.2 Å². The van der Waals surface area contributed by atoms with E-state index < -0.39 is 0 Å². The molecule has 0 aliphatic heterocycles. The second-order valence-electron chi connectivity index (χ2n) is 0.959. The summed E-state index contributed by atoms with van der Waals surface area (Å²) in [5.41, 5.74) is 0. The molecule has 0 amide bonds. The molecule has 0 aromatic rings. The van der Waals surface area contributed by atoms with Crippen molar-refractivity contribution >= 4 is 0 Å². The van der Waals surface area contributed by atoms with E-state index >= 15 is 0 Å². The van der Waals surface area contributed by atoms with Crippen molar-refractivity contribution in [1.82, 2.24) is 0 Å². The Morgan fingerprint density at radius 2 is 1.62 bits per heavy atom. The molecule has 0 heterocycles. The molecule has 0 aromatic carbocycles. The minimum Gasteiger partial charge on any atom is -0.394 e. The Morgan fingerprint density at radius 1 is 1.38 bits per heavy atom. The second kappa shape index (κ2) is 16.1. The highest BCUT2D eigenvalue weighted by molar-refractivity contribution is 4.61. The summed E-state index contributed by atoms with van der Waals surface area (Å²) in [5, 5.41) is 22.9. The van der Waals surface area contributed by atoms with Gasteiger partial charge in [0.15, 0.2) is 0 Å². The standard InChI is InChI=1S/C3H5N.C2H6O2/c1-2-3-4;3-1-2-4/h2H2,1H3;3-4H,1-2H2. The normalized spacial score (nSPS) is 6.25. The van der Waals surface area contributed by atoms with Crippen molar-refractivity contribution in [2.75, 3.05) is 13.2 Å². The predicted molar refractivity (Wildman–Crippen MR) is 30.1 cm³/mol. The molecule has 0 spiro atoms. The molecule has 0 aliphatic carbocycles. The molecule has 0 fully saturated rings. The number of aliphatic hydroxyl groups excluding tert-OH is 2. The highest BCUT2D eigenvalue weighted by Crippen LogP contribution is 1.58. The maximum atomic E-state index is 7.62. The van der Waals surface area contributed by atoms with Crippen LogP contribution in [0.1, 0.15) is 13.3 Å². The molecule has 0 saturated carbocycles. The second-order valence-corrected chi connectivity index (χ2v) is 0.959. The SMILES string of the molecule is CCC#N.OCCO. The van der Waals surface area contributed by atoms with Gasteiger partial charge in [0.1, 0.15) is 0 Å². The van der Waals surface area contributed by atoms with E-state index in [2.05, 4.69) is 0 Å². The molecular weight excluding hydrogens is 106 g/mol. The number of nitrogens with zero attached hydrogens (tertiary/aromatic N) is 1. The maximum Gasteiger partial charge on any atom is 0.0662 e. The summed E-state index contributed by atoms with van der Waals surface area (Å²) >= 11 is 0. The zero-order valence-electron chi connectivity index (χ0n) is 4.96. The van der Waals surface area contributed by atoms with Gasteiger partial charge in [0.25, 0.3) is 0 Å². The molecule has 0 rings (SSSR count). The highest BCUT2D eigenvalue weighted by Gasteiger charge is 1.58. The summed E-state index contributed by atoms with van der Waals surface area (Å²) in [6.45, 7) is 1.57. The molecule has 0 saturated heterocycles. The van der Waals surface area contributed by atoms with Gasteiger partial charge in [-0.2, -0.15) is 5.26 Å². The number of nitriles is 1. The summed E-state index contributed by atoms with van der Waals surface area (Å²) in [6.07, 6.45) is 0.625. The molecule has 48 valence electrons. The van der Waals surface area contributed by atoms with E-state index in [1.54, 1.807) is 0 Å². The van der Waals surface area contributed by atoms with Gasteiger partial charge in [0.05, 0.1) is 19.3 Å². The van der Waals surface area contributed by atoms with E-state index in [0.717, 1.165) is 0 Å². The molecule has 0 aliphatic rings. The fourth-order valence-corrected chi connectivity index (χ4v) is 0. The first-order valence-corrected chi connectivity index (χ1v) is 2.42. The van der Waals surface area contributed by atoms with Gasteiger partial charge in [-0.1, -0.05) is 6.92 Å². The van der Waals surface area contributed by atoms with Crippen molar-refractivity contribution in [2.45, 2.75) is 13.3 Å². The molecular formula is C5H11NO2. The van der Waals surface area contributed by atoms with Crippen molar-refractivity contribution in [2.24, 2.45) is 0 Å². The lowest BCUT2D eigenvalue weighted by atomic mass is 10.6. The summed E-state index contributed by atoms with van der Waals surface area (Å²) in [5.74, 6) is 0. The Labute approximate surface area is 49.2 Å². The lowest BCUT2D eigenvalue weighted by Crippen LogP contribution is -1.85. The van der Waals surface area contributed by atoms with E-state index in [0.29, 0.717) is 6.42 Å². The third-order valence-corrected chi connectivity index (χ3v) is 0.258. The van der Waals surface area contributed by atoms with Gasteiger partial charge in [0.2, 0.25) is 0 Å². The van der Waals surface area contributed by atoms with E-state index in [1.165, 1.54) is 0 Å². The van der Waals surface area contributed by atoms with Crippen LogP contribution in [-0.4, -0.2) is 23.4 Å². The molecule has 3 nitrogen and oxygen atoms in total. The van der Waals surface area contributed by atoms with Crippen LogP contribution in [0, 0.1) is 11.3 Å². The fraction of sp³-hybridized carbons (Fsp3) is 0.800. The van der Waals surface area contributed by atoms with Crippen LogP contribution >= 0.6 is 0 Å². The monoisotopic (exact) mass is 117 g/mol. The first-order chi connectivity index (χ1) is 3.83. The van der Waals surface area contributed by atoms with E-state index in [4.69, 9.17) is 15.5 Å². The van der Waals surface area contributed by atoms with Gasteiger partial charge in [-0.15, -0.1) is 0 Å². The lowest BCUT2D eigenvalue weighted by molar-refractivity contribution is 0.186. The van der Waals surface area contributed by atoms with E-state index in [1.807, 2.05) is 13.0 Å². The lowest BCUT2D eigenvalue weighted by Gasteiger charge is -1.70. The van der Waals surface area contributed by atoms with Crippen molar-refractivity contribution in [1.29, 1.82) is 5.26 Å². The Morgan fingerprint density at radius 3 is 1.62 bits per heavy atom. The van der Waals surface area contributed by atoms with Crippen LogP contribution in [0.3, 0.4) is 0 Å². The summed E-state index contributed by atoms with van der Waals surface area (Å²) < 4.78 is 0. The average molecular weight is 117 g/mol. The molecule has 3 heteroatoms. The summed E-state index contributed by atoms with van der Waals surface area (Å²) in [7, 11) is 0. The van der Waals surface area contributed by atoms with Gasteiger partial charge in [-0.25, -0.2) is 0 Å². The van der Waals surface area contributed by atoms with Crippen LogP contribution in [0.5, 0.6) is 0 Å². The smallest absolute Gasteiger partial charge is 0.0662 e. The molecule has 8 heavy (non-hydrogen) atoms. The molecule has 2 N–H and O–H groups in total. The third kappa shape index (κ3) is 52.9. The van der Waals surface area contributed by atoms with Crippen LogP contribution < -0.4 is 0 Å². The third-order valence-electron chi connectivity index (χ3n) is 0.258. The topological polar surface area (TPSA) is 64.2 Å². The maximum absolute atomic E-state index is 7.62. The highest BCUT2D eigenvalue weighted by atomic mass is 16.3. The number of aliphatic hydroxyl groups is 2. The van der Waals surface area contributed by atoms with Crippen molar-refractivity contribution < 1.29 is 10.2 Å². The first kappa shape index (κ1) is 10.4. The fourth-order valence-electron chi connectivity index (χ4n) is 0. The molecule has 0 aromatic heterocycles. The van der Waals surface area contributed by atoms with Gasteiger partial charge in [0, 0.05) is 6.42 Å².